The number of nitrogens with zero attached hydrogens (tertiary/aromatic N) is 1. The molecule has 0 unspecified atom stereocenters. The summed E-state index contributed by atoms with van der Waals surface area (Å²) in [5, 5.41) is 8.73. The number of carboxylic acid groups (broad SMARTS) is 1. The number of hydrogen-bond acceptors (Lipinski definition) is 2. The molecule has 1 fully saturated rings. The first-order chi connectivity index (χ1) is 8.77. The Morgan fingerprint density at radius 3 is 2.53 bits per heavy atom. The number of benzene rings is 1. The van der Waals surface area contributed by atoms with Crippen LogP contribution in [0.25, 0.3) is 0 Å². The largest absolute Gasteiger partial charge is 0.465 e. The molecule has 1 N–H and O–H groups in total. The molecule has 1 aromatic rings. The van der Waals surface area contributed by atoms with Crippen molar-refractivity contribution in [3.05, 3.63) is 28.8 Å². The van der Waals surface area contributed by atoms with Gasteiger partial charge < -0.3 is 10.0 Å². The molecule has 19 heavy (non-hydrogen) atoms. The number of halogens is 4. The minimum Gasteiger partial charge on any atom is -0.465 e. The van der Waals surface area contributed by atoms with Crippen LogP contribution in [0.3, 0.4) is 0 Å². The van der Waals surface area contributed by atoms with Crippen LogP contribution < -0.4 is 0 Å². The van der Waals surface area contributed by atoms with E-state index in [1.807, 2.05) is 0 Å². The highest BCUT2D eigenvalue weighted by Gasteiger charge is 2.33. The van der Waals surface area contributed by atoms with Crippen molar-refractivity contribution < 1.29 is 23.1 Å². The van der Waals surface area contributed by atoms with E-state index in [0.717, 1.165) is 12.1 Å². The number of hydrogen-bond donors (Lipinski definition) is 1. The predicted octanol–water partition coefficient (Wildman–Crippen LogP) is 3.81. The Hall–Kier alpha value is -1.08. The van der Waals surface area contributed by atoms with Gasteiger partial charge in [0.15, 0.2) is 0 Å². The maximum Gasteiger partial charge on any atom is 0.416 e. The fourth-order valence-corrected chi connectivity index (χ4v) is 3.12. The molecule has 2 rings (SSSR count). The van der Waals surface area contributed by atoms with E-state index in [1.54, 1.807) is 0 Å². The summed E-state index contributed by atoms with van der Waals surface area (Å²) in [5.41, 5.74) is -0.789. The van der Waals surface area contributed by atoms with Gasteiger partial charge in [0.2, 0.25) is 0 Å². The first kappa shape index (κ1) is 14.3. The monoisotopic (exact) mass is 311 g/mol. The summed E-state index contributed by atoms with van der Waals surface area (Å²) in [6, 6.07) is 3.18. The first-order valence-corrected chi connectivity index (χ1v) is 6.54. The number of alkyl halides is 3. The fourth-order valence-electron chi connectivity index (χ4n) is 1.62. The van der Waals surface area contributed by atoms with Crippen molar-refractivity contribution in [1.29, 1.82) is 0 Å². The Kier molecular flexibility index (Phi) is 3.87. The quantitative estimate of drug-likeness (QED) is 0.903. The van der Waals surface area contributed by atoms with Crippen molar-refractivity contribution in [1.82, 2.24) is 4.90 Å². The van der Waals surface area contributed by atoms with E-state index in [4.69, 9.17) is 16.7 Å². The van der Waals surface area contributed by atoms with Gasteiger partial charge in [0.25, 0.3) is 0 Å². The maximum atomic E-state index is 12.4. The van der Waals surface area contributed by atoms with Crippen molar-refractivity contribution in [3.8, 4) is 0 Å². The van der Waals surface area contributed by atoms with E-state index in [1.165, 1.54) is 22.7 Å². The Morgan fingerprint density at radius 2 is 2.05 bits per heavy atom. The normalized spacial score (nSPS) is 16.3. The van der Waals surface area contributed by atoms with Crippen molar-refractivity contribution in [2.75, 3.05) is 13.1 Å². The summed E-state index contributed by atoms with van der Waals surface area (Å²) in [7, 11) is 0. The third kappa shape index (κ3) is 3.27. The summed E-state index contributed by atoms with van der Waals surface area (Å²) in [6.07, 6.45) is -5.40. The molecule has 1 heterocycles. The number of thioether (sulfide) groups is 1. The van der Waals surface area contributed by atoms with Crippen LogP contribution in [-0.2, 0) is 6.18 Å². The Morgan fingerprint density at radius 1 is 1.42 bits per heavy atom. The number of carbonyl (C=O) groups is 1. The molecule has 8 heteroatoms. The number of amides is 1. The standard InChI is InChI=1S/C11H9ClF3NO2S/c12-8-3-6(11(13,14)15)1-2-9(8)19-7-4-16(5-7)10(17)18/h1-3,7H,4-5H2,(H,17,18). The van der Waals surface area contributed by atoms with Crippen molar-refractivity contribution in [2.24, 2.45) is 0 Å². The first-order valence-electron chi connectivity index (χ1n) is 5.28. The van der Waals surface area contributed by atoms with Gasteiger partial charge in [0.05, 0.1) is 10.6 Å². The van der Waals surface area contributed by atoms with Gasteiger partial charge in [-0.3, -0.25) is 0 Å². The molecule has 1 aliphatic rings. The highest BCUT2D eigenvalue weighted by molar-refractivity contribution is 8.00. The van der Waals surface area contributed by atoms with Crippen molar-refractivity contribution in [3.63, 3.8) is 0 Å². The summed E-state index contributed by atoms with van der Waals surface area (Å²) >= 11 is 7.10. The van der Waals surface area contributed by atoms with Crippen LogP contribution >= 0.6 is 23.4 Å². The molecule has 0 radical (unpaired) electrons. The van der Waals surface area contributed by atoms with Gasteiger partial charge in [-0.05, 0) is 18.2 Å². The van der Waals surface area contributed by atoms with E-state index in [2.05, 4.69) is 0 Å². The number of likely N-dealkylation sites (tertiary alicyclic amines) is 1. The fraction of sp³-hybridized carbons (Fsp3) is 0.364. The van der Waals surface area contributed by atoms with E-state index in [-0.39, 0.29) is 10.3 Å². The van der Waals surface area contributed by atoms with Crippen molar-refractivity contribution >= 4 is 29.5 Å². The third-order valence-electron chi connectivity index (χ3n) is 2.67. The van der Waals surface area contributed by atoms with Crippen LogP contribution in [0.5, 0.6) is 0 Å². The molecule has 0 atom stereocenters. The SMILES string of the molecule is O=C(O)N1CC(Sc2ccc(C(F)(F)F)cc2Cl)C1. The van der Waals surface area contributed by atoms with Crippen molar-refractivity contribution in [2.45, 2.75) is 16.3 Å². The minimum absolute atomic E-state index is 0.0327. The molecule has 1 aliphatic heterocycles. The zero-order valence-electron chi connectivity index (χ0n) is 9.45. The lowest BCUT2D eigenvalue weighted by Gasteiger charge is -2.36. The molecule has 0 spiro atoms. The van der Waals surface area contributed by atoms with Gasteiger partial charge >= 0.3 is 12.3 Å². The van der Waals surface area contributed by atoms with Gasteiger partial charge in [0, 0.05) is 23.2 Å². The van der Waals surface area contributed by atoms with Crippen LogP contribution in [0.2, 0.25) is 5.02 Å². The lowest BCUT2D eigenvalue weighted by Crippen LogP contribution is -2.51. The minimum atomic E-state index is -4.41. The molecule has 1 amide bonds. The number of rotatable bonds is 2. The molecule has 104 valence electrons. The zero-order chi connectivity index (χ0) is 14.2. The second-order valence-electron chi connectivity index (χ2n) is 4.07. The zero-order valence-corrected chi connectivity index (χ0v) is 11.0. The highest BCUT2D eigenvalue weighted by Crippen LogP contribution is 2.38. The van der Waals surface area contributed by atoms with Crippen LogP contribution in [0, 0.1) is 0 Å². The highest BCUT2D eigenvalue weighted by atomic mass is 35.5. The molecule has 3 nitrogen and oxygen atoms in total. The summed E-state index contributed by atoms with van der Waals surface area (Å²) < 4.78 is 37.3. The molecule has 0 aromatic heterocycles. The van der Waals surface area contributed by atoms with Crippen LogP contribution in [0.4, 0.5) is 18.0 Å². The van der Waals surface area contributed by atoms with Crippen LogP contribution in [-0.4, -0.2) is 34.4 Å². The molecule has 1 aromatic carbocycles. The predicted molar refractivity (Wildman–Crippen MR) is 65.7 cm³/mol. The summed E-state index contributed by atoms with van der Waals surface area (Å²) in [5.74, 6) is 0. The Bertz CT molecular complexity index is 503. The third-order valence-corrected chi connectivity index (χ3v) is 4.34. The van der Waals surface area contributed by atoms with Crippen LogP contribution in [0.15, 0.2) is 23.1 Å². The van der Waals surface area contributed by atoms with E-state index in [9.17, 15) is 18.0 Å². The molecular formula is C11H9ClF3NO2S. The lowest BCUT2D eigenvalue weighted by atomic mass is 10.2. The van der Waals surface area contributed by atoms with Gasteiger partial charge in [-0.25, -0.2) is 4.79 Å². The average Bonchev–Trinajstić information content (AvgIpc) is 2.22. The second kappa shape index (κ2) is 5.13. The summed E-state index contributed by atoms with van der Waals surface area (Å²) in [6.45, 7) is 0.717. The smallest absolute Gasteiger partial charge is 0.416 e. The van der Waals surface area contributed by atoms with E-state index >= 15 is 0 Å². The second-order valence-corrected chi connectivity index (χ2v) is 5.82. The van der Waals surface area contributed by atoms with Gasteiger partial charge in [-0.2, -0.15) is 13.2 Å². The molecule has 0 aliphatic carbocycles. The Labute approximate surface area is 116 Å². The lowest BCUT2D eigenvalue weighted by molar-refractivity contribution is -0.137. The average molecular weight is 312 g/mol. The molecular weight excluding hydrogens is 303 g/mol. The Balaban J connectivity index is 2.01. The summed E-state index contributed by atoms with van der Waals surface area (Å²) in [4.78, 5) is 12.3. The molecule has 0 saturated carbocycles. The molecule has 0 bridgehead atoms. The molecule has 1 saturated heterocycles. The van der Waals surface area contributed by atoms with Gasteiger partial charge in [0.1, 0.15) is 0 Å². The van der Waals surface area contributed by atoms with Gasteiger partial charge in [-0.1, -0.05) is 11.6 Å². The van der Waals surface area contributed by atoms with Crippen LogP contribution in [0.1, 0.15) is 5.56 Å². The van der Waals surface area contributed by atoms with E-state index in [0.29, 0.717) is 18.0 Å². The topological polar surface area (TPSA) is 40.5 Å². The van der Waals surface area contributed by atoms with Gasteiger partial charge in [-0.15, -0.1) is 11.8 Å². The maximum absolute atomic E-state index is 12.4. The van der Waals surface area contributed by atoms with E-state index < -0.39 is 17.8 Å².